The van der Waals surface area contributed by atoms with Gasteiger partial charge in [0.25, 0.3) is 0 Å². The van der Waals surface area contributed by atoms with E-state index >= 15 is 0 Å². The summed E-state index contributed by atoms with van der Waals surface area (Å²) in [7, 11) is 0. The molecule has 116 valence electrons. The smallest absolute Gasteiger partial charge is 0.0765 e. The largest absolute Gasteiger partial charge is 0.314 e. The Morgan fingerprint density at radius 3 is 2.81 bits per heavy atom. The summed E-state index contributed by atoms with van der Waals surface area (Å²) < 4.78 is 2.24. The van der Waals surface area contributed by atoms with Gasteiger partial charge in [-0.15, -0.1) is 0 Å². The average molecular weight is 288 g/mol. The highest BCUT2D eigenvalue weighted by Gasteiger charge is 2.41. The second-order valence-corrected chi connectivity index (χ2v) is 7.26. The zero-order chi connectivity index (χ0) is 14.1. The SMILES string of the molecule is c1cn(C2CCCC2)nc1CN1CCNCC12CCCC2. The molecule has 2 heterocycles. The lowest BCUT2D eigenvalue weighted by molar-refractivity contribution is 0.0558. The van der Waals surface area contributed by atoms with Gasteiger partial charge >= 0.3 is 0 Å². The van der Waals surface area contributed by atoms with Crippen LogP contribution in [0.1, 0.15) is 63.1 Å². The third-order valence-corrected chi connectivity index (χ3v) is 5.93. The van der Waals surface area contributed by atoms with Crippen molar-refractivity contribution >= 4 is 0 Å². The van der Waals surface area contributed by atoms with Crippen molar-refractivity contribution in [3.63, 3.8) is 0 Å². The number of nitrogens with zero attached hydrogens (tertiary/aromatic N) is 3. The molecule has 0 radical (unpaired) electrons. The van der Waals surface area contributed by atoms with E-state index in [1.54, 1.807) is 0 Å². The number of piperazine rings is 1. The minimum absolute atomic E-state index is 0.426. The fraction of sp³-hybridized carbons (Fsp3) is 0.824. The molecule has 3 fully saturated rings. The van der Waals surface area contributed by atoms with Crippen molar-refractivity contribution in [1.29, 1.82) is 0 Å². The summed E-state index contributed by atoms with van der Waals surface area (Å²) in [5.41, 5.74) is 1.70. The van der Waals surface area contributed by atoms with E-state index in [9.17, 15) is 0 Å². The average Bonchev–Trinajstić information content (AvgIpc) is 3.22. The van der Waals surface area contributed by atoms with Crippen molar-refractivity contribution in [3.8, 4) is 0 Å². The van der Waals surface area contributed by atoms with Crippen LogP contribution in [0.25, 0.3) is 0 Å². The van der Waals surface area contributed by atoms with Gasteiger partial charge in [-0.1, -0.05) is 25.7 Å². The van der Waals surface area contributed by atoms with E-state index in [1.165, 1.54) is 70.2 Å². The van der Waals surface area contributed by atoms with E-state index in [2.05, 4.69) is 27.2 Å². The van der Waals surface area contributed by atoms with Gasteiger partial charge in [0, 0.05) is 37.9 Å². The van der Waals surface area contributed by atoms with Gasteiger partial charge in [0.15, 0.2) is 0 Å². The molecule has 1 saturated heterocycles. The number of nitrogens with one attached hydrogen (secondary N) is 1. The molecular formula is C17H28N4. The highest BCUT2D eigenvalue weighted by atomic mass is 15.3. The lowest BCUT2D eigenvalue weighted by atomic mass is 9.92. The first-order chi connectivity index (χ1) is 10.4. The van der Waals surface area contributed by atoms with Crippen LogP contribution in [0, 0.1) is 0 Å². The van der Waals surface area contributed by atoms with Crippen LogP contribution < -0.4 is 5.32 Å². The highest BCUT2D eigenvalue weighted by molar-refractivity contribution is 5.05. The Kier molecular flexibility index (Phi) is 3.76. The molecule has 0 atom stereocenters. The number of aromatic nitrogens is 2. The maximum Gasteiger partial charge on any atom is 0.0765 e. The van der Waals surface area contributed by atoms with Gasteiger partial charge < -0.3 is 5.32 Å². The summed E-state index contributed by atoms with van der Waals surface area (Å²) in [6.07, 6.45) is 13.1. The van der Waals surface area contributed by atoms with Gasteiger partial charge in [-0.25, -0.2) is 0 Å². The van der Waals surface area contributed by atoms with Crippen LogP contribution in [-0.2, 0) is 6.54 Å². The molecular weight excluding hydrogens is 260 g/mol. The predicted octanol–water partition coefficient (Wildman–Crippen LogP) is 2.72. The number of hydrogen-bond donors (Lipinski definition) is 1. The third kappa shape index (κ3) is 2.64. The van der Waals surface area contributed by atoms with Crippen LogP contribution in [-0.4, -0.2) is 39.9 Å². The van der Waals surface area contributed by atoms with Crippen molar-refractivity contribution in [2.45, 2.75) is 69.5 Å². The molecule has 4 heteroatoms. The summed E-state index contributed by atoms with van der Waals surface area (Å²) in [6.45, 7) is 4.53. The first-order valence-corrected chi connectivity index (χ1v) is 8.86. The standard InChI is InChI=1S/C17H28N4/c1-2-6-16(5-1)21-11-7-15(19-21)13-20-12-10-18-14-17(20)8-3-4-9-17/h7,11,16,18H,1-6,8-10,12-14H2. The van der Waals surface area contributed by atoms with Gasteiger partial charge in [-0.05, 0) is 31.7 Å². The van der Waals surface area contributed by atoms with Gasteiger partial charge in [0.05, 0.1) is 11.7 Å². The Hall–Kier alpha value is -0.870. The highest BCUT2D eigenvalue weighted by Crippen LogP contribution is 2.37. The van der Waals surface area contributed by atoms with Gasteiger partial charge in [-0.2, -0.15) is 5.10 Å². The molecule has 1 aromatic heterocycles. The monoisotopic (exact) mass is 288 g/mol. The molecule has 0 aromatic carbocycles. The van der Waals surface area contributed by atoms with E-state index in [0.29, 0.717) is 11.6 Å². The topological polar surface area (TPSA) is 33.1 Å². The van der Waals surface area contributed by atoms with Crippen LogP contribution in [0.2, 0.25) is 0 Å². The quantitative estimate of drug-likeness (QED) is 0.928. The second-order valence-electron chi connectivity index (χ2n) is 7.26. The van der Waals surface area contributed by atoms with Crippen LogP contribution in [0.3, 0.4) is 0 Å². The zero-order valence-corrected chi connectivity index (χ0v) is 13.1. The van der Waals surface area contributed by atoms with Crippen molar-refractivity contribution in [2.24, 2.45) is 0 Å². The van der Waals surface area contributed by atoms with E-state index in [-0.39, 0.29) is 0 Å². The lowest BCUT2D eigenvalue weighted by Gasteiger charge is -2.45. The maximum absolute atomic E-state index is 4.90. The van der Waals surface area contributed by atoms with Crippen LogP contribution in [0.15, 0.2) is 12.3 Å². The van der Waals surface area contributed by atoms with Crippen LogP contribution >= 0.6 is 0 Å². The molecule has 1 spiro atoms. The number of rotatable bonds is 3. The fourth-order valence-corrected chi connectivity index (χ4v) is 4.69. The molecule has 2 saturated carbocycles. The molecule has 0 unspecified atom stereocenters. The first-order valence-electron chi connectivity index (χ1n) is 8.86. The number of hydrogen-bond acceptors (Lipinski definition) is 3. The van der Waals surface area contributed by atoms with Crippen molar-refractivity contribution in [1.82, 2.24) is 20.0 Å². The molecule has 4 rings (SSSR count). The van der Waals surface area contributed by atoms with Crippen molar-refractivity contribution in [2.75, 3.05) is 19.6 Å². The Bertz CT molecular complexity index is 469. The summed E-state index contributed by atoms with van der Waals surface area (Å²) >= 11 is 0. The van der Waals surface area contributed by atoms with E-state index in [0.717, 1.165) is 13.1 Å². The van der Waals surface area contributed by atoms with Crippen LogP contribution in [0.4, 0.5) is 0 Å². The van der Waals surface area contributed by atoms with E-state index < -0.39 is 0 Å². The fourth-order valence-electron chi connectivity index (χ4n) is 4.69. The molecule has 3 aliphatic rings. The lowest BCUT2D eigenvalue weighted by Crippen LogP contribution is -2.59. The molecule has 1 N–H and O–H groups in total. The molecule has 1 aliphatic heterocycles. The summed E-state index contributed by atoms with van der Waals surface area (Å²) in [5.74, 6) is 0. The van der Waals surface area contributed by atoms with E-state index in [4.69, 9.17) is 5.10 Å². The molecule has 2 aliphatic carbocycles. The Labute approximate surface area is 127 Å². The Morgan fingerprint density at radius 1 is 1.19 bits per heavy atom. The maximum atomic E-state index is 4.90. The van der Waals surface area contributed by atoms with Gasteiger partial charge in [-0.3, -0.25) is 9.58 Å². The minimum Gasteiger partial charge on any atom is -0.314 e. The van der Waals surface area contributed by atoms with Crippen molar-refractivity contribution < 1.29 is 0 Å². The first kappa shape index (κ1) is 13.8. The summed E-state index contributed by atoms with van der Waals surface area (Å²) in [6, 6.07) is 2.92. The summed E-state index contributed by atoms with van der Waals surface area (Å²) in [4.78, 5) is 2.72. The minimum atomic E-state index is 0.426. The normalized spacial score (nSPS) is 26.9. The molecule has 0 bridgehead atoms. The molecule has 0 amide bonds. The second kappa shape index (κ2) is 5.73. The Balaban J connectivity index is 1.46. The Morgan fingerprint density at radius 2 is 2.00 bits per heavy atom. The van der Waals surface area contributed by atoms with Gasteiger partial charge in [0.2, 0.25) is 0 Å². The zero-order valence-electron chi connectivity index (χ0n) is 13.1. The van der Waals surface area contributed by atoms with E-state index in [1.807, 2.05) is 0 Å². The van der Waals surface area contributed by atoms with Crippen molar-refractivity contribution in [3.05, 3.63) is 18.0 Å². The summed E-state index contributed by atoms with van der Waals surface area (Å²) in [5, 5.41) is 8.51. The van der Waals surface area contributed by atoms with Crippen LogP contribution in [0.5, 0.6) is 0 Å². The predicted molar refractivity (Wildman–Crippen MR) is 84.2 cm³/mol. The molecule has 4 nitrogen and oxygen atoms in total. The third-order valence-electron chi connectivity index (χ3n) is 5.93. The molecule has 1 aromatic rings. The molecule has 21 heavy (non-hydrogen) atoms. The van der Waals surface area contributed by atoms with Gasteiger partial charge in [0.1, 0.15) is 0 Å².